The second-order valence-corrected chi connectivity index (χ2v) is 5.12. The number of ketones is 1. The van der Waals surface area contributed by atoms with Gasteiger partial charge in [-0.05, 0) is 13.8 Å². The first kappa shape index (κ1) is 11.9. The average molecular weight is 257 g/mol. The summed E-state index contributed by atoms with van der Waals surface area (Å²) in [7, 11) is 0. The van der Waals surface area contributed by atoms with E-state index in [0.29, 0.717) is 11.4 Å². The Labute approximate surface area is 110 Å². The fourth-order valence-electron chi connectivity index (χ4n) is 2.46. The summed E-state index contributed by atoms with van der Waals surface area (Å²) in [6.45, 7) is 3.78. The topological polar surface area (TPSA) is 64.0 Å². The molecule has 0 saturated carbocycles. The van der Waals surface area contributed by atoms with E-state index < -0.39 is 0 Å². The summed E-state index contributed by atoms with van der Waals surface area (Å²) in [6, 6.07) is -0.121. The average Bonchev–Trinajstić information content (AvgIpc) is 2.38. The fourth-order valence-corrected chi connectivity index (χ4v) is 2.46. The van der Waals surface area contributed by atoms with E-state index in [1.807, 2.05) is 38.2 Å². The van der Waals surface area contributed by atoms with Gasteiger partial charge in [0, 0.05) is 12.2 Å². The van der Waals surface area contributed by atoms with E-state index in [1.54, 1.807) is 6.20 Å². The zero-order valence-corrected chi connectivity index (χ0v) is 10.8. The number of hydrogen-bond donors (Lipinski definition) is 1. The lowest BCUT2D eigenvalue weighted by atomic mass is 9.85. The molecule has 0 saturated heterocycles. The molecular weight excluding hydrogens is 242 g/mol. The fraction of sp³-hybridized carbons (Fsp3) is 0.357. The summed E-state index contributed by atoms with van der Waals surface area (Å²) in [6.07, 6.45) is 9.18. The summed E-state index contributed by atoms with van der Waals surface area (Å²) in [5, 5.41) is 3.15. The van der Waals surface area contributed by atoms with Crippen LogP contribution in [0.1, 0.15) is 30.2 Å². The molecule has 3 rings (SSSR count). The molecule has 1 aliphatic heterocycles. The van der Waals surface area contributed by atoms with Crippen LogP contribution in [0, 0.1) is 5.92 Å². The van der Waals surface area contributed by atoms with Crippen LogP contribution >= 0.6 is 0 Å². The van der Waals surface area contributed by atoms with Gasteiger partial charge in [0.25, 0.3) is 0 Å². The Hall–Kier alpha value is -2.17. The molecule has 1 aromatic rings. The minimum Gasteiger partial charge on any atom is -0.362 e. The lowest BCUT2D eigenvalue weighted by Crippen LogP contribution is -2.41. The number of anilines is 1. The molecular formula is C14H15N3O2. The number of nitrogens with zero attached hydrogens (tertiary/aromatic N) is 2. The minimum atomic E-state index is -0.331. The van der Waals surface area contributed by atoms with Crippen molar-refractivity contribution in [1.29, 1.82) is 0 Å². The molecule has 0 radical (unpaired) electrons. The number of carbonyl (C=O) groups is 1. The lowest BCUT2D eigenvalue weighted by Gasteiger charge is -2.30. The summed E-state index contributed by atoms with van der Waals surface area (Å²) in [4.78, 5) is 28.3. The van der Waals surface area contributed by atoms with Gasteiger partial charge in [-0.2, -0.15) is 4.98 Å². The molecule has 19 heavy (non-hydrogen) atoms. The van der Waals surface area contributed by atoms with Crippen molar-refractivity contribution in [2.75, 3.05) is 5.32 Å². The first-order chi connectivity index (χ1) is 9.08. The van der Waals surface area contributed by atoms with E-state index in [0.717, 1.165) is 0 Å². The van der Waals surface area contributed by atoms with Crippen molar-refractivity contribution in [3.05, 3.63) is 46.5 Å². The van der Waals surface area contributed by atoms with Gasteiger partial charge in [-0.25, -0.2) is 4.79 Å². The quantitative estimate of drug-likeness (QED) is 0.829. The first-order valence-electron chi connectivity index (χ1n) is 6.37. The standard InChI is InChI=1S/C14H15N3O2/c1-8(2)17-7-10-12(18)9-5-3-4-6-11(9)15-13(10)16-14(17)19/h3-9,11H,1-2H3,(H,15,16,19). The second kappa shape index (κ2) is 4.19. The number of nitrogens with one attached hydrogen (secondary N) is 1. The third kappa shape index (κ3) is 1.82. The molecule has 1 aliphatic carbocycles. The number of carbonyl (C=O) groups excluding carboxylic acids is 1. The number of hydrogen-bond acceptors (Lipinski definition) is 4. The van der Waals surface area contributed by atoms with Crippen LogP contribution < -0.4 is 11.0 Å². The van der Waals surface area contributed by atoms with Crippen LogP contribution in [0.2, 0.25) is 0 Å². The van der Waals surface area contributed by atoms with E-state index in [9.17, 15) is 9.59 Å². The van der Waals surface area contributed by atoms with Gasteiger partial charge in [-0.3, -0.25) is 9.36 Å². The van der Waals surface area contributed by atoms with E-state index in [4.69, 9.17) is 0 Å². The molecule has 5 nitrogen and oxygen atoms in total. The second-order valence-electron chi connectivity index (χ2n) is 5.12. The van der Waals surface area contributed by atoms with Crippen molar-refractivity contribution in [2.45, 2.75) is 25.9 Å². The summed E-state index contributed by atoms with van der Waals surface area (Å²) >= 11 is 0. The van der Waals surface area contributed by atoms with Crippen molar-refractivity contribution in [1.82, 2.24) is 9.55 Å². The maximum Gasteiger partial charge on any atom is 0.349 e. The normalized spacial score (nSPS) is 24.1. The molecule has 2 unspecified atom stereocenters. The summed E-state index contributed by atoms with van der Waals surface area (Å²) in [5.41, 5.74) is 0.164. The van der Waals surface area contributed by atoms with Crippen LogP contribution in [-0.2, 0) is 0 Å². The molecule has 0 bridgehead atoms. The van der Waals surface area contributed by atoms with E-state index in [2.05, 4.69) is 10.3 Å². The van der Waals surface area contributed by atoms with Crippen LogP contribution in [0.25, 0.3) is 0 Å². The molecule has 2 aliphatic rings. The van der Waals surface area contributed by atoms with Crippen LogP contribution in [0.4, 0.5) is 5.82 Å². The highest BCUT2D eigenvalue weighted by atomic mass is 16.1. The lowest BCUT2D eigenvalue weighted by molar-refractivity contribution is 0.0934. The predicted octanol–water partition coefficient (Wildman–Crippen LogP) is 1.54. The number of rotatable bonds is 1. The molecule has 2 heterocycles. The van der Waals surface area contributed by atoms with Gasteiger partial charge in [0.15, 0.2) is 5.78 Å². The molecule has 1 aromatic heterocycles. The van der Waals surface area contributed by atoms with Gasteiger partial charge in [0.1, 0.15) is 5.82 Å². The van der Waals surface area contributed by atoms with Gasteiger partial charge >= 0.3 is 5.69 Å². The minimum absolute atomic E-state index is 0.0150. The SMILES string of the molecule is CC(C)n1cc2c(nc1=O)NC1C=CC=CC1C2=O. The Bertz CT molecular complexity index is 655. The largest absolute Gasteiger partial charge is 0.362 e. The van der Waals surface area contributed by atoms with E-state index >= 15 is 0 Å². The summed E-state index contributed by atoms with van der Waals surface area (Å²) in [5.74, 6) is 0.201. The number of aromatic nitrogens is 2. The van der Waals surface area contributed by atoms with Gasteiger partial charge in [-0.15, -0.1) is 0 Å². The van der Waals surface area contributed by atoms with Crippen molar-refractivity contribution in [3.8, 4) is 0 Å². The highest BCUT2D eigenvalue weighted by Gasteiger charge is 2.34. The van der Waals surface area contributed by atoms with Gasteiger partial charge < -0.3 is 5.32 Å². The van der Waals surface area contributed by atoms with Crippen molar-refractivity contribution in [2.24, 2.45) is 5.92 Å². The molecule has 5 heteroatoms. The molecule has 0 aromatic carbocycles. The Kier molecular flexibility index (Phi) is 2.62. The highest BCUT2D eigenvalue weighted by molar-refractivity contribution is 6.05. The summed E-state index contributed by atoms with van der Waals surface area (Å²) < 4.78 is 1.49. The molecule has 1 N–H and O–H groups in total. The molecule has 0 fully saturated rings. The highest BCUT2D eigenvalue weighted by Crippen LogP contribution is 2.29. The third-order valence-electron chi connectivity index (χ3n) is 3.51. The third-order valence-corrected chi connectivity index (χ3v) is 3.51. The van der Waals surface area contributed by atoms with Crippen molar-refractivity contribution < 1.29 is 4.79 Å². The molecule has 2 atom stereocenters. The number of Topliss-reactive ketones (excluding diaryl/α,β-unsaturated/α-hetero) is 1. The molecule has 98 valence electrons. The molecule has 0 spiro atoms. The molecule has 0 amide bonds. The van der Waals surface area contributed by atoms with Gasteiger partial charge in [0.2, 0.25) is 0 Å². The number of allylic oxidation sites excluding steroid dienone is 2. The van der Waals surface area contributed by atoms with Gasteiger partial charge in [-0.1, -0.05) is 24.3 Å². The van der Waals surface area contributed by atoms with Crippen LogP contribution in [0.5, 0.6) is 0 Å². The Morgan fingerprint density at radius 2 is 2.00 bits per heavy atom. The number of fused-ring (bicyclic) bond motifs is 2. The first-order valence-corrected chi connectivity index (χ1v) is 6.37. The van der Waals surface area contributed by atoms with Crippen LogP contribution in [0.3, 0.4) is 0 Å². The predicted molar refractivity (Wildman–Crippen MR) is 72.4 cm³/mol. The van der Waals surface area contributed by atoms with Gasteiger partial charge in [0.05, 0.1) is 17.5 Å². The Balaban J connectivity index is 2.14. The zero-order chi connectivity index (χ0) is 13.6. The van der Waals surface area contributed by atoms with E-state index in [1.165, 1.54) is 4.57 Å². The Morgan fingerprint density at radius 1 is 1.26 bits per heavy atom. The zero-order valence-electron chi connectivity index (χ0n) is 10.8. The maximum absolute atomic E-state index is 12.5. The monoisotopic (exact) mass is 257 g/mol. The van der Waals surface area contributed by atoms with E-state index in [-0.39, 0.29) is 29.5 Å². The van der Waals surface area contributed by atoms with Crippen molar-refractivity contribution in [3.63, 3.8) is 0 Å². The van der Waals surface area contributed by atoms with Crippen LogP contribution in [-0.4, -0.2) is 21.4 Å². The maximum atomic E-state index is 12.5. The van der Waals surface area contributed by atoms with Crippen LogP contribution in [0.15, 0.2) is 35.3 Å². The smallest absolute Gasteiger partial charge is 0.349 e. The Morgan fingerprint density at radius 3 is 2.74 bits per heavy atom. The van der Waals surface area contributed by atoms with Crippen molar-refractivity contribution >= 4 is 11.6 Å².